The van der Waals surface area contributed by atoms with E-state index < -0.39 is 0 Å². The third-order valence-electron chi connectivity index (χ3n) is 1.87. The Bertz CT molecular complexity index is 145. The van der Waals surface area contributed by atoms with Gasteiger partial charge in [0.2, 0.25) is 5.91 Å². The molecule has 1 atom stereocenters. The first-order valence-electron chi connectivity index (χ1n) is 4.25. The highest BCUT2D eigenvalue weighted by atomic mass is 16.3. The Morgan fingerprint density at radius 3 is 2.83 bits per heavy atom. The Morgan fingerprint density at radius 2 is 2.42 bits per heavy atom. The maximum atomic E-state index is 10.7. The van der Waals surface area contributed by atoms with Crippen LogP contribution in [0.15, 0.2) is 12.7 Å². The van der Waals surface area contributed by atoms with Crippen LogP contribution in [0.4, 0.5) is 0 Å². The number of aliphatic hydroxyl groups is 1. The van der Waals surface area contributed by atoms with Gasteiger partial charge in [-0.25, -0.2) is 0 Å². The average molecular weight is 171 g/mol. The van der Waals surface area contributed by atoms with E-state index in [2.05, 4.69) is 11.9 Å². The van der Waals surface area contributed by atoms with Gasteiger partial charge < -0.3 is 10.4 Å². The molecule has 0 aromatic rings. The standard InChI is InChI=1S/C9H17NO2/c1-3-8(5-6-11)7-10-9(12)4-2/h4,8,11H,2-3,5-7H2,1H3,(H,10,12). The van der Waals surface area contributed by atoms with E-state index in [9.17, 15) is 4.79 Å². The van der Waals surface area contributed by atoms with E-state index in [0.29, 0.717) is 12.5 Å². The van der Waals surface area contributed by atoms with E-state index in [1.807, 2.05) is 6.92 Å². The summed E-state index contributed by atoms with van der Waals surface area (Å²) < 4.78 is 0. The molecular formula is C9H17NO2. The molecule has 3 nitrogen and oxygen atoms in total. The number of hydrogen-bond acceptors (Lipinski definition) is 2. The molecule has 0 aliphatic rings. The molecule has 0 spiro atoms. The summed E-state index contributed by atoms with van der Waals surface area (Å²) in [5.74, 6) is 0.227. The number of amides is 1. The van der Waals surface area contributed by atoms with Crippen molar-refractivity contribution in [2.75, 3.05) is 13.2 Å². The maximum Gasteiger partial charge on any atom is 0.243 e. The lowest BCUT2D eigenvalue weighted by Crippen LogP contribution is -2.27. The van der Waals surface area contributed by atoms with Crippen molar-refractivity contribution in [1.82, 2.24) is 5.32 Å². The lowest BCUT2D eigenvalue weighted by atomic mass is 10.0. The molecule has 0 heterocycles. The molecule has 0 aromatic heterocycles. The fourth-order valence-electron chi connectivity index (χ4n) is 0.950. The Kier molecular flexibility index (Phi) is 6.38. The van der Waals surface area contributed by atoms with Crippen LogP contribution in [0.5, 0.6) is 0 Å². The van der Waals surface area contributed by atoms with Crippen LogP contribution in [-0.4, -0.2) is 24.2 Å². The van der Waals surface area contributed by atoms with Gasteiger partial charge in [-0.05, 0) is 18.4 Å². The van der Waals surface area contributed by atoms with E-state index in [1.165, 1.54) is 6.08 Å². The van der Waals surface area contributed by atoms with Crippen LogP contribution < -0.4 is 5.32 Å². The van der Waals surface area contributed by atoms with Crippen molar-refractivity contribution >= 4 is 5.91 Å². The number of hydrogen-bond donors (Lipinski definition) is 2. The van der Waals surface area contributed by atoms with Crippen LogP contribution in [0, 0.1) is 5.92 Å². The Balaban J connectivity index is 3.56. The lowest BCUT2D eigenvalue weighted by Gasteiger charge is -2.12. The predicted octanol–water partition coefficient (Wildman–Crippen LogP) is 0.697. The van der Waals surface area contributed by atoms with Crippen molar-refractivity contribution in [1.29, 1.82) is 0 Å². The highest BCUT2D eigenvalue weighted by Crippen LogP contribution is 2.05. The van der Waals surface area contributed by atoms with Crippen LogP contribution in [0.3, 0.4) is 0 Å². The zero-order valence-electron chi connectivity index (χ0n) is 7.55. The maximum absolute atomic E-state index is 10.7. The third kappa shape index (κ3) is 4.91. The molecule has 0 rings (SSSR count). The van der Waals surface area contributed by atoms with E-state index in [-0.39, 0.29) is 12.5 Å². The van der Waals surface area contributed by atoms with Crippen molar-refractivity contribution in [3.8, 4) is 0 Å². The average Bonchev–Trinajstić information content (AvgIpc) is 2.11. The van der Waals surface area contributed by atoms with E-state index in [1.54, 1.807) is 0 Å². The summed E-state index contributed by atoms with van der Waals surface area (Å²) in [6.07, 6.45) is 2.97. The van der Waals surface area contributed by atoms with Gasteiger partial charge in [-0.1, -0.05) is 19.9 Å². The molecule has 0 saturated carbocycles. The third-order valence-corrected chi connectivity index (χ3v) is 1.87. The summed E-state index contributed by atoms with van der Waals surface area (Å²) in [6.45, 7) is 6.20. The van der Waals surface area contributed by atoms with Crippen molar-refractivity contribution in [3.05, 3.63) is 12.7 Å². The van der Waals surface area contributed by atoms with Crippen LogP contribution >= 0.6 is 0 Å². The lowest BCUT2D eigenvalue weighted by molar-refractivity contribution is -0.116. The minimum absolute atomic E-state index is 0.147. The monoisotopic (exact) mass is 171 g/mol. The number of carbonyl (C=O) groups excluding carboxylic acids is 1. The zero-order chi connectivity index (χ0) is 9.40. The van der Waals surface area contributed by atoms with Crippen LogP contribution in [0.25, 0.3) is 0 Å². The molecule has 3 heteroatoms. The first-order chi connectivity index (χ1) is 5.74. The fraction of sp³-hybridized carbons (Fsp3) is 0.667. The first-order valence-corrected chi connectivity index (χ1v) is 4.25. The van der Waals surface area contributed by atoms with Gasteiger partial charge in [0.25, 0.3) is 0 Å². The molecule has 0 fully saturated rings. The minimum atomic E-state index is -0.147. The Morgan fingerprint density at radius 1 is 1.75 bits per heavy atom. The molecule has 2 N–H and O–H groups in total. The number of aliphatic hydroxyl groups excluding tert-OH is 1. The largest absolute Gasteiger partial charge is 0.396 e. The predicted molar refractivity (Wildman–Crippen MR) is 48.7 cm³/mol. The fourth-order valence-corrected chi connectivity index (χ4v) is 0.950. The highest BCUT2D eigenvalue weighted by molar-refractivity contribution is 5.86. The van der Waals surface area contributed by atoms with Crippen molar-refractivity contribution in [2.45, 2.75) is 19.8 Å². The van der Waals surface area contributed by atoms with Crippen LogP contribution in [-0.2, 0) is 4.79 Å². The summed E-state index contributed by atoms with van der Waals surface area (Å²) in [4.78, 5) is 10.7. The van der Waals surface area contributed by atoms with Gasteiger partial charge in [0.05, 0.1) is 0 Å². The zero-order valence-corrected chi connectivity index (χ0v) is 7.55. The molecule has 1 unspecified atom stereocenters. The van der Waals surface area contributed by atoms with Crippen LogP contribution in [0.2, 0.25) is 0 Å². The molecule has 0 saturated heterocycles. The Labute approximate surface area is 73.5 Å². The van der Waals surface area contributed by atoms with E-state index in [4.69, 9.17) is 5.11 Å². The van der Waals surface area contributed by atoms with Crippen molar-refractivity contribution in [3.63, 3.8) is 0 Å². The van der Waals surface area contributed by atoms with Gasteiger partial charge in [0, 0.05) is 13.2 Å². The number of nitrogens with one attached hydrogen (secondary N) is 1. The summed E-state index contributed by atoms with van der Waals surface area (Å²) in [5, 5.41) is 11.4. The van der Waals surface area contributed by atoms with Gasteiger partial charge in [-0.15, -0.1) is 0 Å². The van der Waals surface area contributed by atoms with Gasteiger partial charge in [-0.3, -0.25) is 4.79 Å². The van der Waals surface area contributed by atoms with Gasteiger partial charge >= 0.3 is 0 Å². The summed E-state index contributed by atoms with van der Waals surface area (Å²) in [7, 11) is 0. The number of rotatable bonds is 6. The van der Waals surface area contributed by atoms with Gasteiger partial charge in [0.15, 0.2) is 0 Å². The minimum Gasteiger partial charge on any atom is -0.396 e. The molecule has 0 bridgehead atoms. The summed E-state index contributed by atoms with van der Waals surface area (Å²) in [6, 6.07) is 0. The summed E-state index contributed by atoms with van der Waals surface area (Å²) in [5.41, 5.74) is 0. The Hall–Kier alpha value is -0.830. The van der Waals surface area contributed by atoms with E-state index in [0.717, 1.165) is 12.8 Å². The molecule has 0 aromatic carbocycles. The summed E-state index contributed by atoms with van der Waals surface area (Å²) >= 11 is 0. The number of carbonyl (C=O) groups is 1. The van der Waals surface area contributed by atoms with Crippen LogP contribution in [0.1, 0.15) is 19.8 Å². The van der Waals surface area contributed by atoms with Gasteiger partial charge in [0.1, 0.15) is 0 Å². The molecule has 0 aliphatic heterocycles. The molecule has 70 valence electrons. The highest BCUT2D eigenvalue weighted by Gasteiger charge is 2.05. The molecule has 0 aliphatic carbocycles. The van der Waals surface area contributed by atoms with E-state index >= 15 is 0 Å². The second kappa shape index (κ2) is 6.85. The quantitative estimate of drug-likeness (QED) is 0.578. The molecular weight excluding hydrogens is 154 g/mol. The molecule has 0 radical (unpaired) electrons. The molecule has 12 heavy (non-hydrogen) atoms. The van der Waals surface area contributed by atoms with Crippen molar-refractivity contribution in [2.24, 2.45) is 5.92 Å². The second-order valence-corrected chi connectivity index (χ2v) is 2.74. The first kappa shape index (κ1) is 11.2. The van der Waals surface area contributed by atoms with Crippen molar-refractivity contribution < 1.29 is 9.90 Å². The van der Waals surface area contributed by atoms with Gasteiger partial charge in [-0.2, -0.15) is 0 Å². The normalized spacial score (nSPS) is 12.2. The topological polar surface area (TPSA) is 49.3 Å². The smallest absolute Gasteiger partial charge is 0.243 e. The SMILES string of the molecule is C=CC(=O)NCC(CC)CCO. The second-order valence-electron chi connectivity index (χ2n) is 2.74. The molecule has 1 amide bonds.